The molecule has 1 aromatic carbocycles. The standard InChI is InChI=1S/C28H33FN2O2/c1-3-21(16-32)31-27(33)18-5-6-22-17(12-18)4-7-24-23(22)10-11-28(2)25(8-9-26(24)28)19-13-20(29)15-30-14-19/h5-6,8,12-15,21,23-24,26,32H,3-4,7,9-11,16H2,1-2H3,(H,31,33)/t21-,23?,24?,26?,28?/m0/s1. The van der Waals surface area contributed by atoms with E-state index in [-0.39, 0.29) is 29.8 Å². The van der Waals surface area contributed by atoms with E-state index in [4.69, 9.17) is 0 Å². The second-order valence-corrected chi connectivity index (χ2v) is 10.3. The fourth-order valence-electron chi connectivity index (χ4n) is 6.84. The number of aliphatic hydroxyl groups excluding tert-OH is 1. The average Bonchev–Trinajstić information content (AvgIpc) is 3.19. The van der Waals surface area contributed by atoms with Crippen LogP contribution in [-0.2, 0) is 6.42 Å². The van der Waals surface area contributed by atoms with Crippen molar-refractivity contribution in [3.05, 3.63) is 70.8 Å². The number of allylic oxidation sites excluding steroid dienone is 2. The Balaban J connectivity index is 1.37. The first-order chi connectivity index (χ1) is 15.9. The lowest BCUT2D eigenvalue weighted by Gasteiger charge is -2.50. The van der Waals surface area contributed by atoms with Gasteiger partial charge < -0.3 is 10.4 Å². The van der Waals surface area contributed by atoms with E-state index in [1.165, 1.54) is 22.9 Å². The van der Waals surface area contributed by atoms with Crippen LogP contribution in [0.15, 0.2) is 42.7 Å². The lowest BCUT2D eigenvalue weighted by atomic mass is 9.54. The van der Waals surface area contributed by atoms with Gasteiger partial charge in [0.25, 0.3) is 5.91 Å². The van der Waals surface area contributed by atoms with Crippen LogP contribution in [-0.4, -0.2) is 28.6 Å². The highest BCUT2D eigenvalue weighted by molar-refractivity contribution is 5.94. The summed E-state index contributed by atoms with van der Waals surface area (Å²) in [5.74, 6) is 1.30. The number of aromatic nitrogens is 1. The Bertz CT molecular complexity index is 1090. The minimum atomic E-state index is -0.273. The molecule has 1 heterocycles. The molecule has 5 atom stereocenters. The van der Waals surface area contributed by atoms with Crippen LogP contribution in [0, 0.1) is 23.1 Å². The van der Waals surface area contributed by atoms with E-state index in [0.29, 0.717) is 29.7 Å². The van der Waals surface area contributed by atoms with E-state index in [0.717, 1.165) is 37.7 Å². The predicted octanol–water partition coefficient (Wildman–Crippen LogP) is 5.27. The summed E-state index contributed by atoms with van der Waals surface area (Å²) in [5, 5.41) is 12.3. The Labute approximate surface area is 195 Å². The maximum Gasteiger partial charge on any atom is 0.251 e. The molecule has 0 bridgehead atoms. The molecular weight excluding hydrogens is 415 g/mol. The van der Waals surface area contributed by atoms with E-state index < -0.39 is 0 Å². The summed E-state index contributed by atoms with van der Waals surface area (Å²) in [4.78, 5) is 16.8. The normalized spacial score (nSPS) is 28.8. The first kappa shape index (κ1) is 22.3. The highest BCUT2D eigenvalue weighted by Gasteiger charge is 2.52. The molecule has 0 aliphatic heterocycles. The van der Waals surface area contributed by atoms with E-state index in [1.807, 2.05) is 13.0 Å². The third-order valence-electron chi connectivity index (χ3n) is 8.63. The number of rotatable bonds is 5. The van der Waals surface area contributed by atoms with Crippen molar-refractivity contribution >= 4 is 11.5 Å². The molecule has 174 valence electrons. The summed E-state index contributed by atoms with van der Waals surface area (Å²) in [7, 11) is 0. The predicted molar refractivity (Wildman–Crippen MR) is 127 cm³/mol. The number of carbonyl (C=O) groups is 1. The number of halogens is 1. The second-order valence-electron chi connectivity index (χ2n) is 10.3. The molecule has 2 aromatic rings. The topological polar surface area (TPSA) is 62.2 Å². The number of nitrogens with zero attached hydrogens (tertiary/aromatic N) is 1. The zero-order valence-corrected chi connectivity index (χ0v) is 19.5. The van der Waals surface area contributed by atoms with Crippen molar-refractivity contribution in [3.63, 3.8) is 0 Å². The van der Waals surface area contributed by atoms with Gasteiger partial charge in [0.2, 0.25) is 0 Å². The molecule has 5 rings (SSSR count). The summed E-state index contributed by atoms with van der Waals surface area (Å²) >= 11 is 0. The van der Waals surface area contributed by atoms with Crippen LogP contribution >= 0.6 is 0 Å². The Morgan fingerprint density at radius 1 is 1.30 bits per heavy atom. The van der Waals surface area contributed by atoms with Gasteiger partial charge in [0, 0.05) is 11.8 Å². The van der Waals surface area contributed by atoms with Crippen molar-refractivity contribution in [3.8, 4) is 0 Å². The van der Waals surface area contributed by atoms with E-state index in [2.05, 4.69) is 35.4 Å². The van der Waals surface area contributed by atoms with Crippen molar-refractivity contribution in [2.45, 2.75) is 64.3 Å². The van der Waals surface area contributed by atoms with Gasteiger partial charge in [-0.05, 0) is 102 Å². The van der Waals surface area contributed by atoms with E-state index >= 15 is 0 Å². The van der Waals surface area contributed by atoms with Crippen LogP contribution in [0.25, 0.3) is 5.57 Å². The lowest BCUT2D eigenvalue weighted by molar-refractivity contribution is 0.0882. The number of hydrogen-bond donors (Lipinski definition) is 2. The maximum absolute atomic E-state index is 13.9. The molecule has 1 fully saturated rings. The van der Waals surface area contributed by atoms with Crippen molar-refractivity contribution in [1.82, 2.24) is 10.3 Å². The summed E-state index contributed by atoms with van der Waals surface area (Å²) in [6.45, 7) is 4.28. The molecule has 1 saturated carbocycles. The van der Waals surface area contributed by atoms with Crippen molar-refractivity contribution < 1.29 is 14.3 Å². The minimum Gasteiger partial charge on any atom is -0.394 e. The van der Waals surface area contributed by atoms with Crippen LogP contribution in [0.3, 0.4) is 0 Å². The number of fused-ring (bicyclic) bond motifs is 5. The molecular formula is C28H33FN2O2. The lowest BCUT2D eigenvalue weighted by Crippen LogP contribution is -2.41. The Kier molecular flexibility index (Phi) is 5.86. The van der Waals surface area contributed by atoms with Gasteiger partial charge in [-0.2, -0.15) is 0 Å². The third-order valence-corrected chi connectivity index (χ3v) is 8.63. The summed E-state index contributed by atoms with van der Waals surface area (Å²) in [5.41, 5.74) is 5.64. The van der Waals surface area contributed by atoms with Crippen molar-refractivity contribution in [2.75, 3.05) is 6.61 Å². The highest BCUT2D eigenvalue weighted by atomic mass is 19.1. The Morgan fingerprint density at radius 2 is 2.15 bits per heavy atom. The van der Waals surface area contributed by atoms with E-state index in [1.54, 1.807) is 12.3 Å². The van der Waals surface area contributed by atoms with Crippen LogP contribution in [0.4, 0.5) is 4.39 Å². The molecule has 2 N–H and O–H groups in total. The number of aliphatic hydroxyl groups is 1. The molecule has 33 heavy (non-hydrogen) atoms. The Hall–Kier alpha value is -2.53. The van der Waals surface area contributed by atoms with Gasteiger partial charge >= 0.3 is 0 Å². The number of benzene rings is 1. The number of carbonyl (C=O) groups excluding carboxylic acids is 1. The molecule has 3 aliphatic carbocycles. The van der Waals surface area contributed by atoms with Gasteiger partial charge in [0.1, 0.15) is 5.82 Å². The molecule has 0 spiro atoms. The molecule has 4 nitrogen and oxygen atoms in total. The molecule has 1 amide bonds. The molecule has 4 unspecified atom stereocenters. The second kappa shape index (κ2) is 8.68. The number of hydrogen-bond acceptors (Lipinski definition) is 3. The third kappa shape index (κ3) is 3.80. The van der Waals surface area contributed by atoms with Gasteiger partial charge in [0.15, 0.2) is 0 Å². The zero-order chi connectivity index (χ0) is 23.2. The number of aryl methyl sites for hydroxylation is 1. The van der Waals surface area contributed by atoms with Gasteiger partial charge in [-0.25, -0.2) is 4.39 Å². The minimum absolute atomic E-state index is 0.0429. The smallest absolute Gasteiger partial charge is 0.251 e. The largest absolute Gasteiger partial charge is 0.394 e. The van der Waals surface area contributed by atoms with Gasteiger partial charge in [0.05, 0.1) is 18.8 Å². The summed E-state index contributed by atoms with van der Waals surface area (Å²) in [6, 6.07) is 7.61. The highest BCUT2D eigenvalue weighted by Crippen LogP contribution is 2.63. The first-order valence-corrected chi connectivity index (χ1v) is 12.3. The number of amides is 1. The van der Waals surface area contributed by atoms with Crippen molar-refractivity contribution in [2.24, 2.45) is 17.3 Å². The van der Waals surface area contributed by atoms with Crippen LogP contribution in [0.2, 0.25) is 0 Å². The zero-order valence-electron chi connectivity index (χ0n) is 19.5. The molecule has 5 heteroatoms. The summed E-state index contributed by atoms with van der Waals surface area (Å²) < 4.78 is 13.9. The fraction of sp³-hybridized carbons (Fsp3) is 0.500. The average molecular weight is 449 g/mol. The molecule has 0 saturated heterocycles. The maximum atomic E-state index is 13.9. The van der Waals surface area contributed by atoms with Gasteiger partial charge in [-0.1, -0.05) is 26.0 Å². The number of nitrogens with one attached hydrogen (secondary N) is 1. The monoisotopic (exact) mass is 448 g/mol. The Morgan fingerprint density at radius 3 is 2.91 bits per heavy atom. The first-order valence-electron chi connectivity index (χ1n) is 12.3. The van der Waals surface area contributed by atoms with Gasteiger partial charge in [-0.15, -0.1) is 0 Å². The van der Waals surface area contributed by atoms with Crippen LogP contribution < -0.4 is 5.32 Å². The number of pyridine rings is 1. The molecule has 1 aromatic heterocycles. The fourth-order valence-corrected chi connectivity index (χ4v) is 6.84. The van der Waals surface area contributed by atoms with Crippen molar-refractivity contribution in [1.29, 1.82) is 0 Å². The SMILES string of the molecule is CC[C@@H](CO)NC(=O)c1ccc2c(c1)CCC1C2CCC2(C)C(c3cncc(F)c3)=CCC12. The van der Waals surface area contributed by atoms with Gasteiger partial charge in [-0.3, -0.25) is 9.78 Å². The molecule has 0 radical (unpaired) electrons. The van der Waals surface area contributed by atoms with E-state index in [9.17, 15) is 14.3 Å². The molecule has 3 aliphatic rings. The van der Waals surface area contributed by atoms with Crippen LogP contribution in [0.5, 0.6) is 0 Å². The quantitative estimate of drug-likeness (QED) is 0.655. The van der Waals surface area contributed by atoms with Crippen LogP contribution in [0.1, 0.15) is 78.9 Å². The summed E-state index contributed by atoms with van der Waals surface area (Å²) in [6.07, 6.45) is 11.5.